The van der Waals surface area contributed by atoms with Crippen molar-refractivity contribution in [1.82, 2.24) is 9.78 Å². The molecule has 0 saturated heterocycles. The third-order valence-electron chi connectivity index (χ3n) is 4.17. The normalized spacial score (nSPS) is 17.2. The molecule has 1 aromatic carbocycles. The van der Waals surface area contributed by atoms with Gasteiger partial charge in [-0.05, 0) is 43.0 Å². The average Bonchev–Trinajstić information content (AvgIpc) is 3.08. The largest absolute Gasteiger partial charge is 0.392 e. The number of benzene rings is 1. The predicted molar refractivity (Wildman–Crippen MR) is 79.5 cm³/mol. The van der Waals surface area contributed by atoms with E-state index in [0.29, 0.717) is 18.9 Å². The van der Waals surface area contributed by atoms with Crippen LogP contribution in [0.1, 0.15) is 43.0 Å². The van der Waals surface area contributed by atoms with Gasteiger partial charge in [0.05, 0.1) is 17.8 Å². The fourth-order valence-corrected chi connectivity index (χ4v) is 3.11. The summed E-state index contributed by atoms with van der Waals surface area (Å²) in [6.07, 6.45) is 7.41. The van der Waals surface area contributed by atoms with Gasteiger partial charge in [0, 0.05) is 12.6 Å². The number of aliphatic hydroxyl groups is 1. The smallest absolute Gasteiger partial charge is 0.123 e. The summed E-state index contributed by atoms with van der Waals surface area (Å²) in [6, 6.07) is 8.90. The van der Waals surface area contributed by atoms with Crippen LogP contribution >= 0.6 is 0 Å². The number of aliphatic hydroxyl groups excluding tert-OH is 1. The Morgan fingerprint density at radius 1 is 1.24 bits per heavy atom. The number of aromatic nitrogens is 2. The van der Waals surface area contributed by atoms with Gasteiger partial charge in [0.25, 0.3) is 0 Å². The first-order valence-corrected chi connectivity index (χ1v) is 7.67. The fourth-order valence-electron chi connectivity index (χ4n) is 3.11. The summed E-state index contributed by atoms with van der Waals surface area (Å²) in [5.41, 5.74) is 1.73. The highest BCUT2D eigenvalue weighted by Crippen LogP contribution is 2.28. The summed E-state index contributed by atoms with van der Waals surface area (Å²) in [7, 11) is 0. The van der Waals surface area contributed by atoms with Crippen molar-refractivity contribution in [2.24, 2.45) is 0 Å². The molecule has 1 aromatic heterocycles. The number of hydrogen-bond acceptors (Lipinski definition) is 2. The SMILES string of the molecule is OC(Cc1cccc(F)c1)Cc1ccn(C2CCCC2)n1. The molecule has 3 nitrogen and oxygen atoms in total. The van der Waals surface area contributed by atoms with Crippen molar-refractivity contribution in [3.63, 3.8) is 0 Å². The molecule has 1 N–H and O–H groups in total. The van der Waals surface area contributed by atoms with E-state index in [0.717, 1.165) is 11.3 Å². The zero-order chi connectivity index (χ0) is 14.7. The van der Waals surface area contributed by atoms with Gasteiger partial charge >= 0.3 is 0 Å². The van der Waals surface area contributed by atoms with E-state index in [1.807, 2.05) is 23.0 Å². The molecule has 1 heterocycles. The molecule has 0 amide bonds. The van der Waals surface area contributed by atoms with E-state index in [9.17, 15) is 9.50 Å². The molecule has 1 fully saturated rings. The quantitative estimate of drug-likeness (QED) is 0.917. The van der Waals surface area contributed by atoms with Crippen LogP contribution in [0.15, 0.2) is 36.5 Å². The first-order valence-electron chi connectivity index (χ1n) is 7.67. The maximum Gasteiger partial charge on any atom is 0.123 e. The first kappa shape index (κ1) is 14.3. The second-order valence-electron chi connectivity index (χ2n) is 5.92. The molecule has 2 aromatic rings. The molecule has 0 spiro atoms. The van der Waals surface area contributed by atoms with E-state index < -0.39 is 6.10 Å². The van der Waals surface area contributed by atoms with E-state index in [-0.39, 0.29) is 5.82 Å². The standard InChI is InChI=1S/C17H21FN2O/c18-14-5-3-4-13(10-14)11-17(21)12-15-8-9-20(19-15)16-6-1-2-7-16/h3-5,8-10,16-17,21H,1-2,6-7,11-12H2. The van der Waals surface area contributed by atoms with E-state index in [2.05, 4.69) is 5.10 Å². The molecule has 112 valence electrons. The Balaban J connectivity index is 1.58. The molecule has 1 aliphatic rings. The lowest BCUT2D eigenvalue weighted by Gasteiger charge is -2.11. The highest BCUT2D eigenvalue weighted by molar-refractivity contribution is 5.17. The highest BCUT2D eigenvalue weighted by Gasteiger charge is 2.18. The molecular formula is C17H21FN2O. The molecule has 0 bridgehead atoms. The Bertz CT molecular complexity index is 590. The van der Waals surface area contributed by atoms with E-state index in [4.69, 9.17) is 0 Å². The van der Waals surface area contributed by atoms with Gasteiger partial charge in [0.15, 0.2) is 0 Å². The monoisotopic (exact) mass is 288 g/mol. The second kappa shape index (κ2) is 6.39. The first-order chi connectivity index (χ1) is 10.2. The van der Waals surface area contributed by atoms with Crippen LogP contribution in [-0.2, 0) is 12.8 Å². The van der Waals surface area contributed by atoms with Crippen LogP contribution in [0.4, 0.5) is 4.39 Å². The number of hydrogen-bond donors (Lipinski definition) is 1. The summed E-state index contributed by atoms with van der Waals surface area (Å²) < 4.78 is 15.2. The Labute approximate surface area is 124 Å². The van der Waals surface area contributed by atoms with Crippen molar-refractivity contribution in [3.8, 4) is 0 Å². The third kappa shape index (κ3) is 3.70. The molecule has 1 unspecified atom stereocenters. The topological polar surface area (TPSA) is 38.0 Å². The predicted octanol–water partition coefficient (Wildman–Crippen LogP) is 3.28. The van der Waals surface area contributed by atoms with Crippen molar-refractivity contribution in [1.29, 1.82) is 0 Å². The van der Waals surface area contributed by atoms with Crippen LogP contribution in [0.2, 0.25) is 0 Å². The maximum atomic E-state index is 13.1. The molecular weight excluding hydrogens is 267 g/mol. The molecule has 0 radical (unpaired) electrons. The van der Waals surface area contributed by atoms with E-state index in [1.165, 1.54) is 37.8 Å². The maximum absolute atomic E-state index is 13.1. The Morgan fingerprint density at radius 3 is 2.81 bits per heavy atom. The van der Waals surface area contributed by atoms with Gasteiger partial charge in [-0.25, -0.2) is 4.39 Å². The molecule has 1 atom stereocenters. The van der Waals surface area contributed by atoms with Gasteiger partial charge in [-0.3, -0.25) is 4.68 Å². The molecule has 1 aliphatic carbocycles. The minimum Gasteiger partial charge on any atom is -0.392 e. The van der Waals surface area contributed by atoms with E-state index in [1.54, 1.807) is 6.07 Å². The van der Waals surface area contributed by atoms with Gasteiger partial charge in [-0.15, -0.1) is 0 Å². The van der Waals surface area contributed by atoms with Gasteiger partial charge in [-0.2, -0.15) is 5.10 Å². The van der Waals surface area contributed by atoms with Crippen LogP contribution < -0.4 is 0 Å². The van der Waals surface area contributed by atoms with Crippen LogP contribution in [0.5, 0.6) is 0 Å². The van der Waals surface area contributed by atoms with Crippen LogP contribution in [0, 0.1) is 5.82 Å². The number of rotatable bonds is 5. The minimum atomic E-state index is -0.529. The third-order valence-corrected chi connectivity index (χ3v) is 4.17. The van der Waals surface area contributed by atoms with E-state index >= 15 is 0 Å². The zero-order valence-electron chi connectivity index (χ0n) is 12.1. The molecule has 21 heavy (non-hydrogen) atoms. The summed E-state index contributed by atoms with van der Waals surface area (Å²) >= 11 is 0. The lowest BCUT2D eigenvalue weighted by Crippen LogP contribution is -2.15. The molecule has 4 heteroatoms. The molecule has 3 rings (SSSR count). The lowest BCUT2D eigenvalue weighted by molar-refractivity contribution is 0.173. The van der Waals surface area contributed by atoms with Crippen molar-refractivity contribution >= 4 is 0 Å². The second-order valence-corrected chi connectivity index (χ2v) is 5.92. The summed E-state index contributed by atoms with van der Waals surface area (Å²) in [5.74, 6) is -0.259. The molecule has 1 saturated carbocycles. The van der Waals surface area contributed by atoms with Gasteiger partial charge in [-0.1, -0.05) is 25.0 Å². The Kier molecular flexibility index (Phi) is 4.34. The minimum absolute atomic E-state index is 0.259. The van der Waals surface area contributed by atoms with Crippen molar-refractivity contribution in [2.75, 3.05) is 0 Å². The van der Waals surface area contributed by atoms with Crippen molar-refractivity contribution in [2.45, 2.75) is 50.7 Å². The van der Waals surface area contributed by atoms with Crippen LogP contribution in [-0.4, -0.2) is 21.0 Å². The van der Waals surface area contributed by atoms with Gasteiger partial charge < -0.3 is 5.11 Å². The molecule has 0 aliphatic heterocycles. The van der Waals surface area contributed by atoms with Gasteiger partial charge in [0.2, 0.25) is 0 Å². The fraction of sp³-hybridized carbons (Fsp3) is 0.471. The van der Waals surface area contributed by atoms with Crippen molar-refractivity contribution < 1.29 is 9.50 Å². The summed E-state index contributed by atoms with van der Waals surface area (Å²) in [5, 5.41) is 14.7. The summed E-state index contributed by atoms with van der Waals surface area (Å²) in [6.45, 7) is 0. The summed E-state index contributed by atoms with van der Waals surface area (Å²) in [4.78, 5) is 0. The lowest BCUT2D eigenvalue weighted by atomic mass is 10.0. The Hall–Kier alpha value is -1.68. The van der Waals surface area contributed by atoms with Crippen LogP contribution in [0.3, 0.4) is 0 Å². The average molecular weight is 288 g/mol. The number of nitrogens with zero attached hydrogens (tertiary/aromatic N) is 2. The Morgan fingerprint density at radius 2 is 2.05 bits per heavy atom. The van der Waals surface area contributed by atoms with Gasteiger partial charge in [0.1, 0.15) is 5.82 Å². The van der Waals surface area contributed by atoms with Crippen LogP contribution in [0.25, 0.3) is 0 Å². The van der Waals surface area contributed by atoms with Crippen molar-refractivity contribution in [3.05, 3.63) is 53.6 Å². The number of halogens is 1. The zero-order valence-corrected chi connectivity index (χ0v) is 12.1. The highest BCUT2D eigenvalue weighted by atomic mass is 19.1.